The van der Waals surface area contributed by atoms with Crippen molar-refractivity contribution in [2.75, 3.05) is 29.6 Å². The van der Waals surface area contributed by atoms with Gasteiger partial charge in [-0.2, -0.15) is 17.7 Å². The molecule has 0 atom stereocenters. The van der Waals surface area contributed by atoms with Crippen LogP contribution in [0.15, 0.2) is 48.9 Å². The average Bonchev–Trinajstić information content (AvgIpc) is 3.14. The van der Waals surface area contributed by atoms with Gasteiger partial charge in [-0.05, 0) is 37.3 Å². The summed E-state index contributed by atoms with van der Waals surface area (Å²) in [5.74, 6) is -2.56. The van der Waals surface area contributed by atoms with Gasteiger partial charge in [0.25, 0.3) is 5.91 Å². The number of anilines is 2. The van der Waals surface area contributed by atoms with E-state index in [2.05, 4.69) is 28.0 Å². The molecule has 1 fully saturated rings. The molecule has 1 N–H and O–H groups in total. The maximum absolute atomic E-state index is 13.9. The van der Waals surface area contributed by atoms with Crippen LogP contribution in [0.2, 0.25) is 0 Å². The second kappa shape index (κ2) is 10.8. The minimum absolute atomic E-state index is 0.150. The molecule has 4 rings (SSSR count). The highest BCUT2D eigenvalue weighted by atomic mass is 32.1. The Morgan fingerprint density at radius 2 is 1.85 bits per heavy atom. The number of thiol groups is 1. The van der Waals surface area contributed by atoms with Crippen LogP contribution in [0.25, 0.3) is 11.1 Å². The Labute approximate surface area is 198 Å². The fraction of sp³-hybridized carbons (Fsp3) is 0.375. The third-order valence-electron chi connectivity index (χ3n) is 5.61. The summed E-state index contributed by atoms with van der Waals surface area (Å²) < 4.78 is 29.5. The molecular formula is C24H29F2N5OS. The van der Waals surface area contributed by atoms with Crippen LogP contribution >= 0.6 is 12.6 Å². The highest BCUT2D eigenvalue weighted by Crippen LogP contribution is 2.34. The van der Waals surface area contributed by atoms with E-state index in [0.29, 0.717) is 30.0 Å². The van der Waals surface area contributed by atoms with E-state index in [9.17, 15) is 13.6 Å². The number of pyridine rings is 1. The molecular weight excluding hydrogens is 444 g/mol. The van der Waals surface area contributed by atoms with Crippen LogP contribution in [0.1, 0.15) is 35.2 Å². The molecule has 33 heavy (non-hydrogen) atoms. The lowest BCUT2D eigenvalue weighted by molar-refractivity contribution is -0.0102. The first-order valence-corrected chi connectivity index (χ1v) is 11.7. The van der Waals surface area contributed by atoms with Crippen molar-refractivity contribution in [2.45, 2.75) is 32.1 Å². The molecule has 176 valence electrons. The van der Waals surface area contributed by atoms with Gasteiger partial charge in [0.2, 0.25) is 5.92 Å². The van der Waals surface area contributed by atoms with Gasteiger partial charge in [-0.3, -0.25) is 9.48 Å². The maximum Gasteiger partial charge on any atom is 0.259 e. The number of carbonyl (C=O) groups excluding carboxylic acids is 1. The van der Waals surface area contributed by atoms with Crippen molar-refractivity contribution in [3.8, 4) is 11.1 Å². The Morgan fingerprint density at radius 1 is 1.12 bits per heavy atom. The number of para-hydroxylation sites is 1. The van der Waals surface area contributed by atoms with Crippen LogP contribution in [0.3, 0.4) is 0 Å². The zero-order chi connectivity index (χ0) is 24.0. The maximum atomic E-state index is 13.9. The number of nitrogens with one attached hydrogen (secondary N) is 1. The number of rotatable bonds is 4. The topological polar surface area (TPSA) is 63.1 Å². The van der Waals surface area contributed by atoms with Crippen molar-refractivity contribution < 1.29 is 13.6 Å². The number of aryl methyl sites for hydroxylation is 1. The lowest BCUT2D eigenvalue weighted by Crippen LogP contribution is -2.30. The second-order valence-electron chi connectivity index (χ2n) is 7.91. The molecule has 0 bridgehead atoms. The Morgan fingerprint density at radius 3 is 2.52 bits per heavy atom. The standard InChI is InChI=1S/C23H25F2N5O.CH4S/c1-16-19(17-13-27-29(2)15-17)14-26-21(30-11-6-9-23(24,25)10-12-30)20(16)22(31)28-18-7-4-3-5-8-18;1-2/h3-5,7-8,13-15H,6,9-12H2,1-2H3,(H,28,31);2H,1H3. The van der Waals surface area contributed by atoms with Gasteiger partial charge >= 0.3 is 0 Å². The third-order valence-corrected chi connectivity index (χ3v) is 5.61. The fourth-order valence-corrected chi connectivity index (χ4v) is 3.94. The first-order valence-electron chi connectivity index (χ1n) is 10.8. The number of alkyl halides is 2. The van der Waals surface area contributed by atoms with Gasteiger partial charge in [0, 0.05) is 62.2 Å². The molecule has 9 heteroatoms. The predicted molar refractivity (Wildman–Crippen MR) is 131 cm³/mol. The van der Waals surface area contributed by atoms with Gasteiger partial charge in [0.05, 0.1) is 11.8 Å². The molecule has 6 nitrogen and oxygen atoms in total. The molecule has 0 radical (unpaired) electrons. The largest absolute Gasteiger partial charge is 0.356 e. The third kappa shape index (κ3) is 5.90. The van der Waals surface area contributed by atoms with Crippen LogP contribution < -0.4 is 10.2 Å². The molecule has 0 saturated carbocycles. The fourth-order valence-electron chi connectivity index (χ4n) is 3.94. The van der Waals surface area contributed by atoms with Gasteiger partial charge in [0.15, 0.2) is 0 Å². The minimum atomic E-state index is -2.69. The van der Waals surface area contributed by atoms with Crippen molar-refractivity contribution in [2.24, 2.45) is 7.05 Å². The summed E-state index contributed by atoms with van der Waals surface area (Å²) in [6.45, 7) is 2.44. The van der Waals surface area contributed by atoms with Crippen LogP contribution in [0.4, 0.5) is 20.3 Å². The summed E-state index contributed by atoms with van der Waals surface area (Å²) in [5, 5.41) is 7.13. The van der Waals surface area contributed by atoms with E-state index < -0.39 is 5.92 Å². The molecule has 0 spiro atoms. The van der Waals surface area contributed by atoms with E-state index in [-0.39, 0.29) is 25.3 Å². The normalized spacial score (nSPS) is 15.3. The van der Waals surface area contributed by atoms with Crippen molar-refractivity contribution in [1.82, 2.24) is 14.8 Å². The van der Waals surface area contributed by atoms with Crippen LogP contribution in [0, 0.1) is 6.92 Å². The van der Waals surface area contributed by atoms with Crippen molar-refractivity contribution in [3.05, 3.63) is 60.0 Å². The van der Waals surface area contributed by atoms with E-state index in [1.807, 2.05) is 38.4 Å². The lowest BCUT2D eigenvalue weighted by atomic mass is 9.99. The van der Waals surface area contributed by atoms with Gasteiger partial charge in [-0.1, -0.05) is 18.2 Å². The number of halogens is 2. The predicted octanol–water partition coefficient (Wildman–Crippen LogP) is 5.21. The molecule has 1 saturated heterocycles. The molecule has 0 unspecified atom stereocenters. The van der Waals surface area contributed by atoms with E-state index in [4.69, 9.17) is 0 Å². The lowest BCUT2D eigenvalue weighted by Gasteiger charge is -2.25. The molecule has 2 aromatic heterocycles. The van der Waals surface area contributed by atoms with E-state index in [0.717, 1.165) is 16.7 Å². The highest BCUT2D eigenvalue weighted by Gasteiger charge is 2.33. The summed E-state index contributed by atoms with van der Waals surface area (Å²) in [6, 6.07) is 9.15. The van der Waals surface area contributed by atoms with Crippen molar-refractivity contribution >= 4 is 30.0 Å². The number of amides is 1. The molecule has 1 aliphatic heterocycles. The number of hydrogen-bond donors (Lipinski definition) is 2. The van der Waals surface area contributed by atoms with Crippen LogP contribution in [-0.4, -0.2) is 45.9 Å². The van der Waals surface area contributed by atoms with Gasteiger partial charge in [-0.15, -0.1) is 0 Å². The van der Waals surface area contributed by atoms with Gasteiger partial charge in [0.1, 0.15) is 5.82 Å². The molecule has 3 aromatic rings. The number of aromatic nitrogens is 3. The highest BCUT2D eigenvalue weighted by molar-refractivity contribution is 7.79. The number of hydrogen-bond acceptors (Lipinski definition) is 5. The SMILES string of the molecule is CS.Cc1c(-c2cnn(C)c2)cnc(N2CCCC(F)(F)CC2)c1C(=O)Nc1ccccc1. The molecule has 0 aliphatic carbocycles. The van der Waals surface area contributed by atoms with E-state index >= 15 is 0 Å². The number of benzene rings is 1. The van der Waals surface area contributed by atoms with Gasteiger partial charge < -0.3 is 10.2 Å². The van der Waals surface area contributed by atoms with Crippen LogP contribution in [0.5, 0.6) is 0 Å². The average molecular weight is 474 g/mol. The Hall–Kier alpha value is -2.94. The summed E-state index contributed by atoms with van der Waals surface area (Å²) in [4.78, 5) is 19.7. The zero-order valence-corrected chi connectivity index (χ0v) is 19.9. The second-order valence-corrected chi connectivity index (χ2v) is 7.91. The number of carbonyl (C=O) groups is 1. The minimum Gasteiger partial charge on any atom is -0.356 e. The molecule has 1 amide bonds. The Bertz CT molecular complexity index is 1090. The smallest absolute Gasteiger partial charge is 0.259 e. The monoisotopic (exact) mass is 473 g/mol. The van der Waals surface area contributed by atoms with Crippen LogP contribution in [-0.2, 0) is 7.05 Å². The quantitative estimate of drug-likeness (QED) is 0.511. The molecule has 3 heterocycles. The number of nitrogens with zero attached hydrogens (tertiary/aromatic N) is 4. The van der Waals surface area contributed by atoms with E-state index in [1.165, 1.54) is 0 Å². The molecule has 1 aromatic carbocycles. The van der Waals surface area contributed by atoms with Gasteiger partial charge in [-0.25, -0.2) is 13.8 Å². The summed E-state index contributed by atoms with van der Waals surface area (Å²) in [7, 11) is 1.82. The van der Waals surface area contributed by atoms with Crippen molar-refractivity contribution in [3.63, 3.8) is 0 Å². The summed E-state index contributed by atoms with van der Waals surface area (Å²) >= 11 is 3.53. The Balaban J connectivity index is 0.00000149. The molecule has 1 aliphatic rings. The first-order chi connectivity index (χ1) is 15.8. The zero-order valence-electron chi connectivity index (χ0n) is 19.1. The van der Waals surface area contributed by atoms with E-state index in [1.54, 1.807) is 40.4 Å². The summed E-state index contributed by atoms with van der Waals surface area (Å²) in [6.07, 6.45) is 6.91. The first kappa shape index (κ1) is 24.7. The summed E-state index contributed by atoms with van der Waals surface area (Å²) in [5.41, 5.74) is 3.43. The Kier molecular flexibility index (Phi) is 8.07. The van der Waals surface area contributed by atoms with Crippen molar-refractivity contribution in [1.29, 1.82) is 0 Å².